The molecule has 1 aromatic heterocycles. The number of hydrogen-bond acceptors (Lipinski definition) is 1. The van der Waals surface area contributed by atoms with Gasteiger partial charge in [-0.15, -0.1) is 0 Å². The van der Waals surface area contributed by atoms with E-state index >= 15 is 0 Å². The Bertz CT molecular complexity index is 742. The van der Waals surface area contributed by atoms with Crippen LogP contribution in [0.4, 0.5) is 14.5 Å². The van der Waals surface area contributed by atoms with Crippen LogP contribution in [0.2, 0.25) is 0 Å². The molecule has 0 amide bonds. The van der Waals surface area contributed by atoms with Crippen molar-refractivity contribution in [3.05, 3.63) is 59.1 Å². The molecule has 0 atom stereocenters. The van der Waals surface area contributed by atoms with Crippen LogP contribution in [0.15, 0.2) is 30.5 Å². The van der Waals surface area contributed by atoms with E-state index in [-0.39, 0.29) is 11.5 Å². The summed E-state index contributed by atoms with van der Waals surface area (Å²) < 4.78 is 29.2. The van der Waals surface area contributed by atoms with Crippen LogP contribution in [0, 0.1) is 24.1 Å². The zero-order chi connectivity index (χ0) is 16.4. The van der Waals surface area contributed by atoms with E-state index in [0.717, 1.165) is 25.7 Å². The summed E-state index contributed by atoms with van der Waals surface area (Å²) in [5, 5.41) is 0. The highest BCUT2D eigenvalue weighted by molar-refractivity contribution is 5.69. The summed E-state index contributed by atoms with van der Waals surface area (Å²) in [6, 6.07) is 6.73. The fourth-order valence-electron chi connectivity index (χ4n) is 3.32. The second kappa shape index (κ2) is 6.45. The van der Waals surface area contributed by atoms with Crippen molar-refractivity contribution in [1.82, 2.24) is 4.98 Å². The molecular formula is C19H18F2N2. The predicted molar refractivity (Wildman–Crippen MR) is 86.2 cm³/mol. The zero-order valence-electron chi connectivity index (χ0n) is 13.0. The SMILES string of the molecule is [C-]#[N+]c1c(F)c(-c2ccccn2)cc(C2CCC(C)CC2)c1F. The Morgan fingerprint density at radius 1 is 1.13 bits per heavy atom. The molecule has 1 aliphatic rings. The number of rotatable bonds is 2. The van der Waals surface area contributed by atoms with E-state index in [0.29, 0.717) is 17.2 Å². The number of pyridine rings is 1. The first-order valence-corrected chi connectivity index (χ1v) is 7.92. The minimum atomic E-state index is -0.816. The van der Waals surface area contributed by atoms with Gasteiger partial charge in [-0.1, -0.05) is 25.8 Å². The largest absolute Gasteiger partial charge is 0.257 e. The van der Waals surface area contributed by atoms with Crippen LogP contribution in [0.1, 0.15) is 44.1 Å². The van der Waals surface area contributed by atoms with Gasteiger partial charge in [-0.2, -0.15) is 0 Å². The van der Waals surface area contributed by atoms with E-state index < -0.39 is 17.3 Å². The number of aromatic nitrogens is 1. The van der Waals surface area contributed by atoms with Gasteiger partial charge < -0.3 is 0 Å². The smallest absolute Gasteiger partial charge is 0.256 e. The van der Waals surface area contributed by atoms with E-state index in [1.54, 1.807) is 30.5 Å². The molecule has 1 aromatic carbocycles. The van der Waals surface area contributed by atoms with E-state index in [9.17, 15) is 8.78 Å². The maximum absolute atomic E-state index is 14.6. The van der Waals surface area contributed by atoms with Crippen molar-refractivity contribution < 1.29 is 8.78 Å². The Morgan fingerprint density at radius 3 is 2.48 bits per heavy atom. The Labute approximate surface area is 135 Å². The Kier molecular flexibility index (Phi) is 4.38. The normalized spacial score (nSPS) is 21.0. The molecule has 2 aromatic rings. The number of nitrogens with zero attached hydrogens (tertiary/aromatic N) is 2. The van der Waals surface area contributed by atoms with Gasteiger partial charge >= 0.3 is 0 Å². The Balaban J connectivity index is 2.12. The second-order valence-electron chi connectivity index (χ2n) is 6.27. The van der Waals surface area contributed by atoms with Crippen LogP contribution in [0.5, 0.6) is 0 Å². The number of halogens is 2. The summed E-state index contributed by atoms with van der Waals surface area (Å²) in [6.07, 6.45) is 5.39. The molecule has 118 valence electrons. The predicted octanol–water partition coefficient (Wildman–Crippen LogP) is 5.87. The van der Waals surface area contributed by atoms with Gasteiger partial charge in [0.2, 0.25) is 0 Å². The van der Waals surface area contributed by atoms with Crippen molar-refractivity contribution in [2.45, 2.75) is 38.5 Å². The summed E-state index contributed by atoms with van der Waals surface area (Å²) in [5.74, 6) is -0.819. The number of benzene rings is 1. The molecule has 0 bridgehead atoms. The van der Waals surface area contributed by atoms with Gasteiger partial charge in [0.25, 0.3) is 5.69 Å². The van der Waals surface area contributed by atoms with Crippen LogP contribution < -0.4 is 0 Å². The summed E-state index contributed by atoms with van der Waals surface area (Å²) >= 11 is 0. The lowest BCUT2D eigenvalue weighted by Gasteiger charge is -2.27. The van der Waals surface area contributed by atoms with Gasteiger partial charge in [0.15, 0.2) is 0 Å². The third-order valence-corrected chi connectivity index (χ3v) is 4.71. The number of hydrogen-bond donors (Lipinski definition) is 0. The summed E-state index contributed by atoms with van der Waals surface area (Å²) in [6.45, 7) is 9.35. The molecule has 1 aliphatic carbocycles. The minimum Gasteiger partial charge on any atom is -0.256 e. The lowest BCUT2D eigenvalue weighted by atomic mass is 9.78. The lowest BCUT2D eigenvalue weighted by molar-refractivity contribution is 0.342. The van der Waals surface area contributed by atoms with Crippen LogP contribution in [0.25, 0.3) is 16.1 Å². The molecule has 23 heavy (non-hydrogen) atoms. The first-order chi connectivity index (χ1) is 11.1. The molecule has 0 aliphatic heterocycles. The van der Waals surface area contributed by atoms with Gasteiger partial charge in [-0.3, -0.25) is 4.98 Å². The zero-order valence-corrected chi connectivity index (χ0v) is 13.0. The third kappa shape index (κ3) is 2.96. The molecule has 0 saturated heterocycles. The van der Waals surface area contributed by atoms with E-state index in [2.05, 4.69) is 16.8 Å². The molecule has 0 spiro atoms. The molecule has 2 nitrogen and oxygen atoms in total. The molecule has 0 radical (unpaired) electrons. The quantitative estimate of drug-likeness (QED) is 0.634. The highest BCUT2D eigenvalue weighted by atomic mass is 19.1. The lowest BCUT2D eigenvalue weighted by Crippen LogP contribution is -2.12. The van der Waals surface area contributed by atoms with Gasteiger partial charge in [-0.25, -0.2) is 13.6 Å². The van der Waals surface area contributed by atoms with Crippen molar-refractivity contribution in [1.29, 1.82) is 0 Å². The molecule has 0 N–H and O–H groups in total. The van der Waals surface area contributed by atoms with Gasteiger partial charge in [0.05, 0.1) is 12.3 Å². The molecular weight excluding hydrogens is 294 g/mol. The topological polar surface area (TPSA) is 17.2 Å². The first kappa shape index (κ1) is 15.6. The van der Waals surface area contributed by atoms with E-state index in [1.165, 1.54) is 0 Å². The highest BCUT2D eigenvalue weighted by Gasteiger charge is 2.27. The minimum absolute atomic E-state index is 0.0507. The van der Waals surface area contributed by atoms with E-state index in [4.69, 9.17) is 6.57 Å². The van der Waals surface area contributed by atoms with Crippen molar-refractivity contribution in [2.24, 2.45) is 5.92 Å². The molecule has 0 unspecified atom stereocenters. The molecule has 4 heteroatoms. The Hall–Kier alpha value is -2.28. The van der Waals surface area contributed by atoms with Crippen molar-refractivity contribution in [2.75, 3.05) is 0 Å². The molecule has 1 heterocycles. The third-order valence-electron chi connectivity index (χ3n) is 4.71. The molecule has 1 fully saturated rings. The van der Waals surface area contributed by atoms with Gasteiger partial charge in [0.1, 0.15) is 11.6 Å². The fraction of sp³-hybridized carbons (Fsp3) is 0.368. The summed E-state index contributed by atoms with van der Waals surface area (Å²) in [7, 11) is 0. The first-order valence-electron chi connectivity index (χ1n) is 7.92. The summed E-state index contributed by atoms with van der Waals surface area (Å²) in [5.41, 5.74) is 0.596. The van der Waals surface area contributed by atoms with Gasteiger partial charge in [0, 0.05) is 11.8 Å². The van der Waals surface area contributed by atoms with Crippen molar-refractivity contribution >= 4 is 5.69 Å². The average Bonchev–Trinajstić information content (AvgIpc) is 2.57. The van der Waals surface area contributed by atoms with Crippen LogP contribution in [-0.4, -0.2) is 4.98 Å². The van der Waals surface area contributed by atoms with Crippen LogP contribution in [0.3, 0.4) is 0 Å². The summed E-state index contributed by atoms with van der Waals surface area (Å²) in [4.78, 5) is 7.25. The Morgan fingerprint density at radius 2 is 1.87 bits per heavy atom. The molecule has 3 rings (SSSR count). The maximum Gasteiger partial charge on any atom is 0.257 e. The monoisotopic (exact) mass is 312 g/mol. The van der Waals surface area contributed by atoms with E-state index in [1.807, 2.05) is 0 Å². The highest BCUT2D eigenvalue weighted by Crippen LogP contribution is 2.42. The molecule has 1 saturated carbocycles. The second-order valence-corrected chi connectivity index (χ2v) is 6.27. The van der Waals surface area contributed by atoms with Crippen LogP contribution in [-0.2, 0) is 0 Å². The fourth-order valence-corrected chi connectivity index (χ4v) is 3.32. The van der Waals surface area contributed by atoms with Crippen molar-refractivity contribution in [3.63, 3.8) is 0 Å². The standard InChI is InChI=1S/C19H18F2N2/c1-12-6-8-13(9-7-12)14-11-15(16-5-3-4-10-23-16)18(21)19(22-2)17(14)20/h3-5,10-13H,6-9H2,1H3. The van der Waals surface area contributed by atoms with Gasteiger partial charge in [-0.05, 0) is 48.4 Å². The van der Waals surface area contributed by atoms with Crippen LogP contribution >= 0.6 is 0 Å². The van der Waals surface area contributed by atoms with Crippen molar-refractivity contribution in [3.8, 4) is 11.3 Å². The maximum atomic E-state index is 14.6. The average molecular weight is 312 g/mol.